The number of nitrogens with two attached hydrogens (primary N) is 1. The Morgan fingerprint density at radius 2 is 1.88 bits per heavy atom. The minimum atomic E-state index is -0.581. The van der Waals surface area contributed by atoms with Crippen molar-refractivity contribution in [3.63, 3.8) is 0 Å². The van der Waals surface area contributed by atoms with Crippen LogP contribution in [0.25, 0.3) is 33.2 Å². The summed E-state index contributed by atoms with van der Waals surface area (Å²) in [6.45, 7) is 0. The number of benzene rings is 2. The molecule has 4 aromatic rings. The fourth-order valence-electron chi connectivity index (χ4n) is 2.74. The number of hydrogen-bond acceptors (Lipinski definition) is 6. The van der Waals surface area contributed by atoms with Gasteiger partial charge in [0.25, 0.3) is 5.69 Å². The molecule has 2 N–H and O–H groups in total. The van der Waals surface area contributed by atoms with E-state index in [1.807, 2.05) is 6.07 Å². The molecule has 0 aliphatic carbocycles. The number of aromatic nitrogens is 2. The van der Waals surface area contributed by atoms with E-state index in [1.54, 1.807) is 24.4 Å². The van der Waals surface area contributed by atoms with E-state index >= 15 is 0 Å². The molecule has 2 heterocycles. The number of nitro groups is 1. The van der Waals surface area contributed by atoms with Crippen molar-refractivity contribution in [2.75, 3.05) is 5.73 Å². The number of fused-ring (bicyclic) bond motifs is 1. The highest BCUT2D eigenvalue weighted by atomic mass is 19.1. The molecule has 26 heavy (non-hydrogen) atoms. The van der Waals surface area contributed by atoms with Gasteiger partial charge in [-0.05, 0) is 29.8 Å². The smallest absolute Gasteiger partial charge is 0.270 e. The first-order valence-electron chi connectivity index (χ1n) is 7.57. The third-order valence-electron chi connectivity index (χ3n) is 4.05. The van der Waals surface area contributed by atoms with Gasteiger partial charge < -0.3 is 10.3 Å². The van der Waals surface area contributed by atoms with Crippen molar-refractivity contribution in [3.8, 4) is 22.3 Å². The number of pyridine rings is 1. The summed E-state index contributed by atoms with van der Waals surface area (Å²) in [5.41, 5.74) is 8.21. The summed E-state index contributed by atoms with van der Waals surface area (Å²) in [4.78, 5) is 14.5. The summed E-state index contributed by atoms with van der Waals surface area (Å²) in [7, 11) is 0. The molecule has 0 bridgehead atoms. The molecule has 2 aromatic carbocycles. The molecule has 4 rings (SSSR count). The van der Waals surface area contributed by atoms with Crippen LogP contribution in [0.2, 0.25) is 0 Å². The maximum atomic E-state index is 14.2. The predicted molar refractivity (Wildman–Crippen MR) is 93.7 cm³/mol. The maximum absolute atomic E-state index is 14.2. The molecule has 0 saturated carbocycles. The molecular formula is C18H11FN4O3. The Morgan fingerprint density at radius 3 is 2.69 bits per heavy atom. The van der Waals surface area contributed by atoms with Crippen LogP contribution >= 0.6 is 0 Å². The van der Waals surface area contributed by atoms with Gasteiger partial charge in [0.1, 0.15) is 11.6 Å². The van der Waals surface area contributed by atoms with Crippen molar-refractivity contribution >= 4 is 22.5 Å². The van der Waals surface area contributed by atoms with Crippen molar-refractivity contribution in [3.05, 3.63) is 70.8 Å². The highest BCUT2D eigenvalue weighted by Gasteiger charge is 2.15. The Labute approximate surface area is 146 Å². The quantitative estimate of drug-likeness (QED) is 0.438. The number of nitro benzene ring substituents is 1. The fraction of sp³-hybridized carbons (Fsp3) is 0. The second-order valence-corrected chi connectivity index (χ2v) is 5.66. The molecule has 0 aliphatic rings. The molecule has 0 spiro atoms. The van der Waals surface area contributed by atoms with Crippen LogP contribution in [-0.4, -0.2) is 15.1 Å². The Bertz CT molecular complexity index is 1160. The van der Waals surface area contributed by atoms with Gasteiger partial charge in [-0.3, -0.25) is 10.1 Å². The van der Waals surface area contributed by atoms with E-state index < -0.39 is 10.7 Å². The number of halogens is 1. The zero-order chi connectivity index (χ0) is 18.3. The van der Waals surface area contributed by atoms with Gasteiger partial charge >= 0.3 is 0 Å². The van der Waals surface area contributed by atoms with Gasteiger partial charge in [-0.25, -0.2) is 9.37 Å². The van der Waals surface area contributed by atoms with E-state index in [1.165, 1.54) is 12.3 Å². The third-order valence-corrected chi connectivity index (χ3v) is 4.05. The van der Waals surface area contributed by atoms with E-state index in [2.05, 4.69) is 10.1 Å². The first-order valence-corrected chi connectivity index (χ1v) is 7.57. The Balaban J connectivity index is 1.87. The van der Waals surface area contributed by atoms with Gasteiger partial charge in [-0.2, -0.15) is 0 Å². The SMILES string of the molecule is Nc1ncc(-c2cc([N+](=O)[O-])ccc2F)cc1-c1ccc2oncc2c1. The van der Waals surface area contributed by atoms with Crippen molar-refractivity contribution in [2.45, 2.75) is 0 Å². The van der Waals surface area contributed by atoms with Crippen LogP contribution in [-0.2, 0) is 0 Å². The van der Waals surface area contributed by atoms with Crippen molar-refractivity contribution in [1.82, 2.24) is 10.1 Å². The van der Waals surface area contributed by atoms with Gasteiger partial charge in [0.15, 0.2) is 5.58 Å². The lowest BCUT2D eigenvalue weighted by Gasteiger charge is -2.09. The Kier molecular flexibility index (Phi) is 3.58. The first kappa shape index (κ1) is 15.7. The van der Waals surface area contributed by atoms with Gasteiger partial charge in [-0.15, -0.1) is 0 Å². The Hall–Kier alpha value is -3.81. The van der Waals surface area contributed by atoms with E-state index in [9.17, 15) is 14.5 Å². The van der Waals surface area contributed by atoms with Gasteiger partial charge in [-0.1, -0.05) is 11.2 Å². The number of nitrogen functional groups attached to an aromatic ring is 1. The van der Waals surface area contributed by atoms with Gasteiger partial charge in [0, 0.05) is 40.4 Å². The van der Waals surface area contributed by atoms with E-state index in [4.69, 9.17) is 10.3 Å². The summed E-state index contributed by atoms with van der Waals surface area (Å²) in [5, 5.41) is 15.5. The van der Waals surface area contributed by atoms with Crippen LogP contribution < -0.4 is 5.73 Å². The molecule has 0 unspecified atom stereocenters. The second-order valence-electron chi connectivity index (χ2n) is 5.66. The van der Waals surface area contributed by atoms with Gasteiger partial charge in [0.2, 0.25) is 0 Å². The lowest BCUT2D eigenvalue weighted by Crippen LogP contribution is -1.96. The third kappa shape index (κ3) is 2.63. The monoisotopic (exact) mass is 350 g/mol. The molecular weight excluding hydrogens is 339 g/mol. The Morgan fingerprint density at radius 1 is 1.04 bits per heavy atom. The predicted octanol–water partition coefficient (Wildman–Crippen LogP) is 4.19. The number of hydrogen-bond donors (Lipinski definition) is 1. The molecule has 0 aliphatic heterocycles. The highest BCUT2D eigenvalue weighted by molar-refractivity contribution is 5.87. The lowest BCUT2D eigenvalue weighted by atomic mass is 9.99. The van der Waals surface area contributed by atoms with E-state index in [0.717, 1.165) is 23.1 Å². The van der Waals surface area contributed by atoms with Crippen LogP contribution in [0, 0.1) is 15.9 Å². The van der Waals surface area contributed by atoms with Crippen molar-refractivity contribution in [1.29, 1.82) is 0 Å². The number of anilines is 1. The largest absolute Gasteiger partial charge is 0.383 e. The van der Waals surface area contributed by atoms with Crippen LogP contribution in [0.1, 0.15) is 0 Å². The number of nitrogens with zero attached hydrogens (tertiary/aromatic N) is 3. The lowest BCUT2D eigenvalue weighted by molar-refractivity contribution is -0.384. The molecule has 2 aromatic heterocycles. The molecule has 0 amide bonds. The van der Waals surface area contributed by atoms with Crippen LogP contribution in [0.3, 0.4) is 0 Å². The van der Waals surface area contributed by atoms with Crippen LogP contribution in [0.5, 0.6) is 0 Å². The summed E-state index contributed by atoms with van der Waals surface area (Å²) < 4.78 is 19.3. The van der Waals surface area contributed by atoms with E-state index in [0.29, 0.717) is 16.7 Å². The minimum absolute atomic E-state index is 0.0824. The number of non-ortho nitro benzene ring substituents is 1. The van der Waals surface area contributed by atoms with Gasteiger partial charge in [0.05, 0.1) is 11.1 Å². The van der Waals surface area contributed by atoms with Crippen molar-refractivity contribution in [2.24, 2.45) is 0 Å². The zero-order valence-electron chi connectivity index (χ0n) is 13.2. The summed E-state index contributed by atoms with van der Waals surface area (Å²) in [6, 6.07) is 10.4. The molecule has 0 atom stereocenters. The summed E-state index contributed by atoms with van der Waals surface area (Å²) in [6.07, 6.45) is 2.96. The molecule has 0 fully saturated rings. The molecule has 7 nitrogen and oxygen atoms in total. The fourth-order valence-corrected chi connectivity index (χ4v) is 2.74. The molecule has 0 saturated heterocycles. The molecule has 8 heteroatoms. The topological polar surface area (TPSA) is 108 Å². The average Bonchev–Trinajstić information content (AvgIpc) is 3.10. The molecule has 128 valence electrons. The van der Waals surface area contributed by atoms with Crippen molar-refractivity contribution < 1.29 is 13.8 Å². The standard InChI is InChI=1S/C18H11FN4O3/c19-16-3-2-13(23(24)25)7-14(16)11-6-15(18(20)21-8-11)10-1-4-17-12(5-10)9-22-26-17/h1-9H,(H2,20,21). The molecule has 0 radical (unpaired) electrons. The minimum Gasteiger partial charge on any atom is -0.383 e. The number of rotatable bonds is 3. The van der Waals surface area contributed by atoms with Crippen LogP contribution in [0.4, 0.5) is 15.9 Å². The second kappa shape index (κ2) is 5.92. The summed E-state index contributed by atoms with van der Waals surface area (Å²) in [5.74, 6) is -0.321. The first-order chi connectivity index (χ1) is 12.5. The van der Waals surface area contributed by atoms with E-state index in [-0.39, 0.29) is 17.1 Å². The maximum Gasteiger partial charge on any atom is 0.270 e. The zero-order valence-corrected chi connectivity index (χ0v) is 13.2. The summed E-state index contributed by atoms with van der Waals surface area (Å²) >= 11 is 0. The average molecular weight is 350 g/mol. The normalized spacial score (nSPS) is 11.0. The van der Waals surface area contributed by atoms with Crippen LogP contribution in [0.15, 0.2) is 59.4 Å². The highest BCUT2D eigenvalue weighted by Crippen LogP contribution is 2.33.